The Labute approximate surface area is 233 Å². The molecule has 0 spiro atoms. The van der Waals surface area contributed by atoms with E-state index in [-0.39, 0.29) is 0 Å². The number of thiophene rings is 1. The molecule has 3 aliphatic heterocycles. The Bertz CT molecular complexity index is 1460. The molecule has 0 atom stereocenters. The van der Waals surface area contributed by atoms with E-state index in [0.29, 0.717) is 5.95 Å². The monoisotopic (exact) mass is 544 g/mol. The average molecular weight is 545 g/mol. The van der Waals surface area contributed by atoms with E-state index in [1.54, 1.807) is 0 Å². The lowest BCUT2D eigenvalue weighted by molar-refractivity contribution is -0.0101. The maximum absolute atomic E-state index is 5.66. The highest BCUT2D eigenvalue weighted by Crippen LogP contribution is 2.39. The van der Waals surface area contributed by atoms with Crippen molar-refractivity contribution in [3.63, 3.8) is 0 Å². The molecule has 7 rings (SSSR count). The smallest absolute Gasteiger partial charge is 0.253 e. The van der Waals surface area contributed by atoms with Gasteiger partial charge in [0.05, 0.1) is 29.1 Å². The number of fused-ring (bicyclic) bond motifs is 1. The lowest BCUT2D eigenvalue weighted by atomic mass is 9.81. The normalized spacial score (nSPS) is 19.6. The van der Waals surface area contributed by atoms with Gasteiger partial charge in [-0.05, 0) is 56.2 Å². The summed E-state index contributed by atoms with van der Waals surface area (Å²) in [7, 11) is 0. The molecule has 0 amide bonds. The Balaban J connectivity index is 1.20. The summed E-state index contributed by atoms with van der Waals surface area (Å²) >= 11 is 1.87. The highest BCUT2D eigenvalue weighted by molar-refractivity contribution is 7.19. The first-order valence-electron chi connectivity index (χ1n) is 14.2. The molecule has 0 saturated carbocycles. The van der Waals surface area contributed by atoms with Crippen LogP contribution in [0.15, 0.2) is 36.5 Å². The number of benzene rings is 1. The van der Waals surface area contributed by atoms with Gasteiger partial charge in [0.1, 0.15) is 0 Å². The molecule has 9 heteroatoms. The quantitative estimate of drug-likeness (QED) is 0.344. The van der Waals surface area contributed by atoms with Gasteiger partial charge in [0.25, 0.3) is 5.95 Å². The minimum Gasteiger partial charge on any atom is -0.381 e. The fourth-order valence-corrected chi connectivity index (χ4v) is 7.48. The van der Waals surface area contributed by atoms with Gasteiger partial charge in [0.15, 0.2) is 5.82 Å². The number of ether oxygens (including phenoxy) is 2. The predicted octanol–water partition coefficient (Wildman–Crippen LogP) is 4.86. The van der Waals surface area contributed by atoms with Gasteiger partial charge in [0.2, 0.25) is 0 Å². The zero-order valence-electron chi connectivity index (χ0n) is 22.8. The Morgan fingerprint density at radius 3 is 2.54 bits per heavy atom. The Kier molecular flexibility index (Phi) is 6.84. The maximum atomic E-state index is 5.66. The van der Waals surface area contributed by atoms with Gasteiger partial charge in [-0.1, -0.05) is 23.8 Å². The minimum absolute atomic E-state index is 0.624. The standard InChI is InChI=1S/C30H36N6O2S/c1-20-4-3-5-23(16-20)25-6-9-36(33-25)30-31-27-21(2)26(19-34-17-24(18-34)22-7-12-37-13-8-22)39-28(27)29(32-30)35-10-14-38-15-11-35/h3-6,9,16,22,24H,7-8,10-15,17-19H2,1-2H3. The molecule has 39 heavy (non-hydrogen) atoms. The summed E-state index contributed by atoms with van der Waals surface area (Å²) in [6.07, 6.45) is 4.42. The van der Waals surface area contributed by atoms with E-state index in [1.165, 1.54) is 46.6 Å². The van der Waals surface area contributed by atoms with E-state index in [2.05, 4.69) is 47.9 Å². The average Bonchev–Trinajstić information content (AvgIpc) is 3.56. The molecule has 3 saturated heterocycles. The number of aryl methyl sites for hydroxylation is 2. The van der Waals surface area contributed by atoms with Gasteiger partial charge in [-0.3, -0.25) is 4.90 Å². The molecular formula is C30H36N6O2S. The largest absolute Gasteiger partial charge is 0.381 e. The van der Waals surface area contributed by atoms with Gasteiger partial charge >= 0.3 is 0 Å². The summed E-state index contributed by atoms with van der Waals surface area (Å²) < 4.78 is 14.2. The van der Waals surface area contributed by atoms with Crippen LogP contribution in [0.1, 0.15) is 28.8 Å². The summed E-state index contributed by atoms with van der Waals surface area (Å²) in [5, 5.41) is 4.88. The number of aromatic nitrogens is 4. The first-order chi connectivity index (χ1) is 19.1. The Morgan fingerprint density at radius 2 is 1.74 bits per heavy atom. The third-order valence-corrected chi connectivity index (χ3v) is 9.80. The van der Waals surface area contributed by atoms with Crippen LogP contribution in [0.5, 0.6) is 0 Å². The van der Waals surface area contributed by atoms with Crippen molar-refractivity contribution in [2.24, 2.45) is 11.8 Å². The lowest BCUT2D eigenvalue weighted by Gasteiger charge is -2.44. The second-order valence-corrected chi connectivity index (χ2v) is 12.3. The van der Waals surface area contributed by atoms with Crippen molar-refractivity contribution in [3.05, 3.63) is 52.5 Å². The molecule has 4 aromatic rings. The van der Waals surface area contributed by atoms with Crippen molar-refractivity contribution in [2.45, 2.75) is 33.2 Å². The highest BCUT2D eigenvalue weighted by Gasteiger charge is 2.35. The van der Waals surface area contributed by atoms with Crippen molar-refractivity contribution >= 4 is 27.4 Å². The number of hydrogen-bond acceptors (Lipinski definition) is 8. The number of rotatable bonds is 6. The molecule has 0 bridgehead atoms. The van der Waals surface area contributed by atoms with Gasteiger partial charge in [-0.15, -0.1) is 11.3 Å². The summed E-state index contributed by atoms with van der Waals surface area (Å²) in [4.78, 5) is 16.6. The highest BCUT2D eigenvalue weighted by atomic mass is 32.1. The molecule has 0 N–H and O–H groups in total. The number of anilines is 1. The van der Waals surface area contributed by atoms with E-state index in [1.807, 2.05) is 28.3 Å². The van der Waals surface area contributed by atoms with Gasteiger partial charge < -0.3 is 14.4 Å². The zero-order chi connectivity index (χ0) is 26.3. The molecular weight excluding hydrogens is 508 g/mol. The van der Waals surface area contributed by atoms with Crippen LogP contribution in [0.3, 0.4) is 0 Å². The molecule has 0 unspecified atom stereocenters. The van der Waals surface area contributed by atoms with Crippen molar-refractivity contribution in [1.82, 2.24) is 24.6 Å². The number of morpholine rings is 1. The fourth-order valence-electron chi connectivity index (χ4n) is 6.17. The number of hydrogen-bond donors (Lipinski definition) is 0. The molecule has 6 heterocycles. The third kappa shape index (κ3) is 4.97. The zero-order valence-corrected chi connectivity index (χ0v) is 23.6. The number of nitrogens with zero attached hydrogens (tertiary/aromatic N) is 6. The molecule has 0 aliphatic carbocycles. The fraction of sp³-hybridized carbons (Fsp3) is 0.500. The van der Waals surface area contributed by atoms with Gasteiger partial charge in [-0.25, -0.2) is 9.67 Å². The van der Waals surface area contributed by atoms with Crippen LogP contribution in [0.25, 0.3) is 27.4 Å². The van der Waals surface area contributed by atoms with Gasteiger partial charge in [0, 0.05) is 62.6 Å². The van der Waals surface area contributed by atoms with Crippen LogP contribution in [-0.4, -0.2) is 77.3 Å². The third-order valence-electron chi connectivity index (χ3n) is 8.54. The van der Waals surface area contributed by atoms with Crippen molar-refractivity contribution in [1.29, 1.82) is 0 Å². The molecule has 1 aromatic carbocycles. The van der Waals surface area contributed by atoms with E-state index in [0.717, 1.165) is 80.5 Å². The van der Waals surface area contributed by atoms with Crippen LogP contribution >= 0.6 is 11.3 Å². The Hall–Kier alpha value is -2.85. The van der Waals surface area contributed by atoms with Crippen LogP contribution in [0.4, 0.5) is 5.82 Å². The molecule has 204 valence electrons. The second kappa shape index (κ2) is 10.6. The van der Waals surface area contributed by atoms with Crippen LogP contribution in [0, 0.1) is 25.7 Å². The maximum Gasteiger partial charge on any atom is 0.253 e. The minimum atomic E-state index is 0.624. The van der Waals surface area contributed by atoms with Crippen molar-refractivity contribution < 1.29 is 9.47 Å². The Morgan fingerprint density at radius 1 is 0.949 bits per heavy atom. The molecule has 8 nitrogen and oxygen atoms in total. The summed E-state index contributed by atoms with van der Waals surface area (Å²) in [6.45, 7) is 12.7. The first-order valence-corrected chi connectivity index (χ1v) is 15.0. The van der Waals surface area contributed by atoms with Crippen LogP contribution < -0.4 is 4.90 Å². The molecule has 3 aromatic heterocycles. The first kappa shape index (κ1) is 25.1. The summed E-state index contributed by atoms with van der Waals surface area (Å²) in [6, 6.07) is 10.5. The van der Waals surface area contributed by atoms with Crippen LogP contribution in [0.2, 0.25) is 0 Å². The number of likely N-dealkylation sites (tertiary alicyclic amines) is 1. The molecule has 3 aliphatic rings. The van der Waals surface area contributed by atoms with Crippen molar-refractivity contribution in [2.75, 3.05) is 57.5 Å². The van der Waals surface area contributed by atoms with E-state index in [9.17, 15) is 0 Å². The van der Waals surface area contributed by atoms with Crippen LogP contribution in [-0.2, 0) is 16.0 Å². The topological polar surface area (TPSA) is 68.5 Å². The molecule has 0 radical (unpaired) electrons. The molecule has 3 fully saturated rings. The van der Waals surface area contributed by atoms with E-state index in [4.69, 9.17) is 24.5 Å². The predicted molar refractivity (Wildman–Crippen MR) is 155 cm³/mol. The van der Waals surface area contributed by atoms with E-state index < -0.39 is 0 Å². The van der Waals surface area contributed by atoms with Crippen molar-refractivity contribution in [3.8, 4) is 17.2 Å². The summed E-state index contributed by atoms with van der Waals surface area (Å²) in [5.41, 5.74) is 5.57. The second-order valence-electron chi connectivity index (χ2n) is 11.2. The van der Waals surface area contributed by atoms with Gasteiger partial charge in [-0.2, -0.15) is 10.1 Å². The summed E-state index contributed by atoms with van der Waals surface area (Å²) in [5.74, 6) is 3.28. The van der Waals surface area contributed by atoms with E-state index >= 15 is 0 Å². The SMILES string of the molecule is Cc1cccc(-c2ccn(-c3nc(N4CCOCC4)c4sc(CN5CC(C6CCOCC6)C5)c(C)c4n3)n2)c1. The lowest BCUT2D eigenvalue weighted by Crippen LogP contribution is -2.50.